The second-order valence-corrected chi connectivity index (χ2v) is 10.6. The summed E-state index contributed by atoms with van der Waals surface area (Å²) in [5.74, 6) is 1.31. The zero-order chi connectivity index (χ0) is 19.6. The molecule has 0 saturated carbocycles. The molecule has 0 spiro atoms. The summed E-state index contributed by atoms with van der Waals surface area (Å²) in [5.41, 5.74) is 0.817. The van der Waals surface area contributed by atoms with Crippen LogP contribution in [0.15, 0.2) is 37.7 Å². The summed E-state index contributed by atoms with van der Waals surface area (Å²) < 4.78 is 37.4. The first kappa shape index (κ1) is 19.6. The van der Waals surface area contributed by atoms with Crippen LogP contribution < -0.4 is 0 Å². The van der Waals surface area contributed by atoms with Crippen LogP contribution in [0.1, 0.15) is 15.6 Å². The van der Waals surface area contributed by atoms with E-state index in [2.05, 4.69) is 10.1 Å². The van der Waals surface area contributed by atoms with E-state index < -0.39 is 16.0 Å². The summed E-state index contributed by atoms with van der Waals surface area (Å²) >= 11 is 4.26. The molecule has 0 radical (unpaired) electrons. The molecule has 0 aromatic carbocycles. The molecule has 0 unspecified atom stereocenters. The molecule has 0 bridgehead atoms. The molecule has 12 heteroatoms. The van der Waals surface area contributed by atoms with Crippen molar-refractivity contribution in [2.45, 2.75) is 11.5 Å². The predicted octanol–water partition coefficient (Wildman–Crippen LogP) is 2.95. The lowest BCUT2D eigenvalue weighted by Crippen LogP contribution is -2.38. The Hall–Kier alpha value is -1.73. The van der Waals surface area contributed by atoms with E-state index in [-0.39, 0.29) is 22.3 Å². The Morgan fingerprint density at radius 1 is 1.25 bits per heavy atom. The number of thiophene rings is 2. The molecule has 3 aromatic heterocycles. The largest absolute Gasteiger partial charge is 0.451 e. The summed E-state index contributed by atoms with van der Waals surface area (Å²) in [7, 11) is -3.72. The molecule has 148 valence electrons. The zero-order valence-electron chi connectivity index (χ0n) is 14.4. The lowest BCUT2D eigenvalue weighted by atomic mass is 10.3. The number of aromatic nitrogens is 2. The third kappa shape index (κ3) is 4.01. The second-order valence-electron chi connectivity index (χ2n) is 5.73. The van der Waals surface area contributed by atoms with Crippen LogP contribution in [0.3, 0.4) is 0 Å². The van der Waals surface area contributed by atoms with E-state index in [0.29, 0.717) is 18.9 Å². The van der Waals surface area contributed by atoms with Gasteiger partial charge in [-0.25, -0.2) is 13.2 Å². The highest BCUT2D eigenvalue weighted by Gasteiger charge is 2.31. The number of ether oxygens (including phenoxy) is 1. The highest BCUT2D eigenvalue weighted by Crippen LogP contribution is 2.28. The van der Waals surface area contributed by atoms with Gasteiger partial charge < -0.3 is 9.26 Å². The van der Waals surface area contributed by atoms with Gasteiger partial charge in [-0.3, -0.25) is 0 Å². The van der Waals surface area contributed by atoms with E-state index in [1.165, 1.54) is 21.7 Å². The van der Waals surface area contributed by atoms with Crippen LogP contribution in [0.2, 0.25) is 0 Å². The zero-order valence-corrected chi connectivity index (χ0v) is 17.7. The van der Waals surface area contributed by atoms with Crippen molar-refractivity contribution in [2.24, 2.45) is 0 Å². The number of carbonyl (C=O) groups is 1. The molecule has 1 aliphatic rings. The maximum atomic E-state index is 12.9. The molecular weight excluding hydrogens is 442 g/mol. The topological polar surface area (TPSA) is 103 Å². The highest BCUT2D eigenvalue weighted by molar-refractivity contribution is 7.99. The number of hydrogen-bond acceptors (Lipinski definition) is 10. The van der Waals surface area contributed by atoms with E-state index in [0.717, 1.165) is 28.4 Å². The first-order valence-corrected chi connectivity index (χ1v) is 12.6. The van der Waals surface area contributed by atoms with Crippen molar-refractivity contribution < 1.29 is 22.5 Å². The SMILES string of the molecule is O=C(OCc1nc(-c2ccsc2)no1)c1sccc1S(=O)(=O)N1CCSCC1. The minimum absolute atomic E-state index is 0.0149. The Balaban J connectivity index is 1.45. The second kappa shape index (κ2) is 8.33. The molecule has 0 N–H and O–H groups in total. The van der Waals surface area contributed by atoms with Gasteiger partial charge in [0.05, 0.1) is 0 Å². The molecule has 1 aliphatic heterocycles. The van der Waals surface area contributed by atoms with Crippen LogP contribution in [0.4, 0.5) is 0 Å². The van der Waals surface area contributed by atoms with Gasteiger partial charge in [0.2, 0.25) is 15.8 Å². The van der Waals surface area contributed by atoms with Crippen LogP contribution >= 0.6 is 34.4 Å². The summed E-state index contributed by atoms with van der Waals surface area (Å²) in [4.78, 5) is 16.7. The van der Waals surface area contributed by atoms with Crippen molar-refractivity contribution in [2.75, 3.05) is 24.6 Å². The lowest BCUT2D eigenvalue weighted by Gasteiger charge is -2.25. The van der Waals surface area contributed by atoms with Crippen molar-refractivity contribution in [1.29, 1.82) is 0 Å². The monoisotopic (exact) mass is 457 g/mol. The standard InChI is InChI=1S/C16H15N3O5S4/c20-16(23-9-13-17-15(18-24-13)11-1-5-26-10-11)14-12(2-6-27-14)28(21,22)19-3-7-25-8-4-19/h1-2,5-6,10H,3-4,7-9H2. The number of hydrogen-bond donors (Lipinski definition) is 0. The Bertz CT molecular complexity index is 1050. The van der Waals surface area contributed by atoms with Crippen molar-refractivity contribution in [3.63, 3.8) is 0 Å². The van der Waals surface area contributed by atoms with E-state index in [4.69, 9.17) is 9.26 Å². The van der Waals surface area contributed by atoms with Crippen LogP contribution in [0, 0.1) is 0 Å². The Morgan fingerprint density at radius 3 is 2.82 bits per heavy atom. The van der Waals surface area contributed by atoms with Crippen molar-refractivity contribution in [1.82, 2.24) is 14.4 Å². The molecule has 0 amide bonds. The van der Waals surface area contributed by atoms with Gasteiger partial charge in [-0.15, -0.1) is 11.3 Å². The fourth-order valence-electron chi connectivity index (χ4n) is 2.59. The fourth-order valence-corrected chi connectivity index (χ4v) is 7.08. The van der Waals surface area contributed by atoms with Gasteiger partial charge in [0.1, 0.15) is 9.77 Å². The van der Waals surface area contributed by atoms with Gasteiger partial charge in [0, 0.05) is 35.5 Å². The van der Waals surface area contributed by atoms with E-state index in [1.54, 1.807) is 17.1 Å². The Labute approximate surface area is 173 Å². The first-order valence-electron chi connectivity index (χ1n) is 8.23. The summed E-state index contributed by atoms with van der Waals surface area (Å²) in [6.07, 6.45) is 0. The van der Waals surface area contributed by atoms with Gasteiger partial charge >= 0.3 is 5.97 Å². The minimum Gasteiger partial charge on any atom is -0.451 e. The summed E-state index contributed by atoms with van der Waals surface area (Å²) in [6.45, 7) is 0.642. The van der Waals surface area contributed by atoms with Crippen LogP contribution in [-0.2, 0) is 21.4 Å². The normalized spacial score (nSPS) is 15.6. The molecule has 8 nitrogen and oxygen atoms in total. The van der Waals surface area contributed by atoms with Crippen molar-refractivity contribution in [3.05, 3.63) is 39.0 Å². The predicted molar refractivity (Wildman–Crippen MR) is 107 cm³/mol. The minimum atomic E-state index is -3.72. The van der Waals surface area contributed by atoms with E-state index in [9.17, 15) is 13.2 Å². The number of rotatable bonds is 6. The quantitative estimate of drug-likeness (QED) is 0.521. The molecule has 0 atom stereocenters. The molecule has 4 heterocycles. The van der Waals surface area contributed by atoms with Crippen LogP contribution in [-0.4, -0.2) is 53.4 Å². The molecule has 1 fully saturated rings. The Kier molecular flexibility index (Phi) is 5.83. The van der Waals surface area contributed by atoms with Crippen molar-refractivity contribution in [3.8, 4) is 11.4 Å². The Morgan fingerprint density at radius 2 is 2.07 bits per heavy atom. The van der Waals surface area contributed by atoms with Gasteiger partial charge in [0.25, 0.3) is 5.89 Å². The van der Waals surface area contributed by atoms with Gasteiger partial charge in [-0.1, -0.05) is 5.16 Å². The summed E-state index contributed by atoms with van der Waals surface area (Å²) in [5, 5.41) is 9.19. The van der Waals surface area contributed by atoms with Crippen LogP contribution in [0.5, 0.6) is 0 Å². The third-order valence-corrected chi connectivity index (χ3v) is 8.57. The summed E-state index contributed by atoms with van der Waals surface area (Å²) in [6, 6.07) is 3.30. The number of nitrogens with zero attached hydrogens (tertiary/aromatic N) is 3. The van der Waals surface area contributed by atoms with Gasteiger partial charge in [-0.2, -0.15) is 32.4 Å². The van der Waals surface area contributed by atoms with E-state index in [1.807, 2.05) is 16.8 Å². The van der Waals surface area contributed by atoms with Gasteiger partial charge in [0.15, 0.2) is 6.61 Å². The van der Waals surface area contributed by atoms with E-state index >= 15 is 0 Å². The maximum absolute atomic E-state index is 12.9. The molecule has 0 aliphatic carbocycles. The first-order chi connectivity index (χ1) is 13.6. The van der Waals surface area contributed by atoms with Crippen molar-refractivity contribution >= 4 is 50.4 Å². The molecule has 1 saturated heterocycles. The number of carbonyl (C=O) groups excluding carboxylic acids is 1. The highest BCUT2D eigenvalue weighted by atomic mass is 32.2. The van der Waals surface area contributed by atoms with Gasteiger partial charge in [-0.05, 0) is 22.9 Å². The average Bonchev–Trinajstić information content (AvgIpc) is 3.48. The molecular formula is C16H15N3O5S4. The number of thioether (sulfide) groups is 1. The smallest absolute Gasteiger partial charge is 0.350 e. The number of sulfonamides is 1. The average molecular weight is 458 g/mol. The lowest BCUT2D eigenvalue weighted by molar-refractivity contribution is 0.0431. The maximum Gasteiger partial charge on any atom is 0.350 e. The van der Waals surface area contributed by atoms with Crippen LogP contribution in [0.25, 0.3) is 11.4 Å². The molecule has 28 heavy (non-hydrogen) atoms. The fraction of sp³-hybridized carbons (Fsp3) is 0.312. The molecule has 4 rings (SSSR count). The number of esters is 1. The molecule has 3 aromatic rings. The third-order valence-electron chi connectivity index (χ3n) is 3.98.